The standard InChI is InChI=1S/C23H25N3O8/c1-3-33-23(29)16-10-12-25(13-11-16)22-18(26(30)31)8-9-20(24-22)34-17-6-4-15(5-7-17)19(27)14-21(28)32-2/h4-9,16H,3,10-14H2,1-2H3. The number of nitro groups is 1. The lowest BCUT2D eigenvalue weighted by Crippen LogP contribution is -2.37. The molecule has 1 saturated heterocycles. The number of aromatic nitrogens is 1. The number of ether oxygens (including phenoxy) is 3. The minimum absolute atomic E-state index is 0.141. The molecule has 180 valence electrons. The fraction of sp³-hybridized carbons (Fsp3) is 0.391. The number of ketones is 1. The van der Waals surface area contributed by atoms with Gasteiger partial charge in [-0.1, -0.05) is 0 Å². The average molecular weight is 471 g/mol. The summed E-state index contributed by atoms with van der Waals surface area (Å²) in [5.74, 6) is -0.843. The minimum atomic E-state index is -0.626. The van der Waals surface area contributed by atoms with Crippen LogP contribution < -0.4 is 9.64 Å². The number of carbonyl (C=O) groups is 3. The SMILES string of the molecule is CCOC(=O)C1CCN(c2nc(Oc3ccc(C(=O)CC(=O)OC)cc3)ccc2[N+](=O)[O-])CC1. The zero-order valence-electron chi connectivity index (χ0n) is 18.9. The third-order valence-corrected chi connectivity index (χ3v) is 5.37. The van der Waals surface area contributed by atoms with Crippen LogP contribution in [0.4, 0.5) is 11.5 Å². The third-order valence-electron chi connectivity index (χ3n) is 5.37. The molecule has 0 saturated carbocycles. The van der Waals surface area contributed by atoms with Crippen LogP contribution in [0.25, 0.3) is 0 Å². The van der Waals surface area contributed by atoms with Crippen LogP contribution in [0.15, 0.2) is 36.4 Å². The Morgan fingerprint density at radius 3 is 2.38 bits per heavy atom. The van der Waals surface area contributed by atoms with E-state index in [1.807, 2.05) is 0 Å². The van der Waals surface area contributed by atoms with Crippen LogP contribution in [0.2, 0.25) is 0 Å². The Morgan fingerprint density at radius 1 is 1.12 bits per heavy atom. The first-order valence-electron chi connectivity index (χ1n) is 10.8. The molecule has 3 rings (SSSR count). The zero-order valence-corrected chi connectivity index (χ0v) is 18.9. The van der Waals surface area contributed by atoms with Gasteiger partial charge in [-0.3, -0.25) is 24.5 Å². The van der Waals surface area contributed by atoms with E-state index in [4.69, 9.17) is 9.47 Å². The molecule has 0 aliphatic carbocycles. The number of Topliss-reactive ketones (excluding diaryl/α,β-unsaturated/α-hetero) is 1. The van der Waals surface area contributed by atoms with E-state index in [-0.39, 0.29) is 41.5 Å². The van der Waals surface area contributed by atoms with Gasteiger partial charge in [0.05, 0.1) is 24.6 Å². The predicted octanol–water partition coefficient (Wildman–Crippen LogP) is 3.31. The van der Waals surface area contributed by atoms with Crippen LogP contribution in [0, 0.1) is 16.0 Å². The van der Waals surface area contributed by atoms with Crippen molar-refractivity contribution < 1.29 is 33.5 Å². The Morgan fingerprint density at radius 2 is 1.79 bits per heavy atom. The monoisotopic (exact) mass is 471 g/mol. The second-order valence-corrected chi connectivity index (χ2v) is 7.57. The van der Waals surface area contributed by atoms with Crippen molar-refractivity contribution in [3.8, 4) is 11.6 Å². The molecule has 0 unspecified atom stereocenters. The van der Waals surface area contributed by atoms with Crippen molar-refractivity contribution in [2.24, 2.45) is 5.92 Å². The molecule has 0 radical (unpaired) electrons. The van der Waals surface area contributed by atoms with Gasteiger partial charge in [-0.15, -0.1) is 0 Å². The Labute approximate surface area is 195 Å². The molecular weight excluding hydrogens is 446 g/mol. The van der Waals surface area contributed by atoms with Gasteiger partial charge in [0.25, 0.3) is 0 Å². The Kier molecular flexibility index (Phi) is 8.12. The summed E-state index contributed by atoms with van der Waals surface area (Å²) in [6, 6.07) is 8.81. The molecule has 1 aromatic heterocycles. The lowest BCUT2D eigenvalue weighted by Gasteiger charge is -2.31. The van der Waals surface area contributed by atoms with Crippen LogP contribution >= 0.6 is 0 Å². The molecule has 1 aliphatic rings. The van der Waals surface area contributed by atoms with Gasteiger partial charge in [-0.25, -0.2) is 0 Å². The molecule has 34 heavy (non-hydrogen) atoms. The third kappa shape index (κ3) is 6.06. The van der Waals surface area contributed by atoms with E-state index in [1.165, 1.54) is 43.5 Å². The quantitative estimate of drug-likeness (QED) is 0.176. The molecule has 1 aliphatic heterocycles. The number of esters is 2. The van der Waals surface area contributed by atoms with Crippen molar-refractivity contribution in [3.63, 3.8) is 0 Å². The van der Waals surface area contributed by atoms with Crippen LogP contribution in [0.3, 0.4) is 0 Å². The van der Waals surface area contributed by atoms with Gasteiger partial charge in [0.2, 0.25) is 11.7 Å². The van der Waals surface area contributed by atoms with E-state index >= 15 is 0 Å². The number of carbonyl (C=O) groups excluding carboxylic acids is 3. The molecule has 0 bridgehead atoms. The minimum Gasteiger partial charge on any atom is -0.469 e. The molecule has 0 N–H and O–H groups in total. The largest absolute Gasteiger partial charge is 0.469 e. The van der Waals surface area contributed by atoms with Crippen molar-refractivity contribution >= 4 is 29.2 Å². The van der Waals surface area contributed by atoms with Crippen LogP contribution in [0.1, 0.15) is 36.5 Å². The summed E-state index contributed by atoms with van der Waals surface area (Å²) in [7, 11) is 1.21. The number of hydrogen-bond donors (Lipinski definition) is 0. The van der Waals surface area contributed by atoms with Crippen LogP contribution in [-0.4, -0.2) is 54.4 Å². The first-order valence-corrected chi connectivity index (χ1v) is 10.8. The topological polar surface area (TPSA) is 138 Å². The molecular formula is C23H25N3O8. The maximum Gasteiger partial charge on any atom is 0.313 e. The first-order chi connectivity index (χ1) is 16.3. The summed E-state index contributed by atoms with van der Waals surface area (Å²) in [5, 5.41) is 11.6. The van der Waals surface area contributed by atoms with Gasteiger partial charge < -0.3 is 19.1 Å². The molecule has 2 heterocycles. The number of rotatable bonds is 9. The van der Waals surface area contributed by atoms with E-state index in [2.05, 4.69) is 9.72 Å². The number of hydrogen-bond acceptors (Lipinski definition) is 10. The lowest BCUT2D eigenvalue weighted by molar-refractivity contribution is -0.384. The van der Waals surface area contributed by atoms with Crippen molar-refractivity contribution in [1.82, 2.24) is 4.98 Å². The van der Waals surface area contributed by atoms with E-state index in [0.717, 1.165) is 0 Å². The number of methoxy groups -OCH3 is 1. The zero-order chi connectivity index (χ0) is 24.7. The summed E-state index contributed by atoms with van der Waals surface area (Å²) in [5.41, 5.74) is 0.158. The van der Waals surface area contributed by atoms with Gasteiger partial charge >= 0.3 is 17.6 Å². The highest BCUT2D eigenvalue weighted by atomic mass is 16.6. The van der Waals surface area contributed by atoms with Gasteiger partial charge in [-0.2, -0.15) is 4.98 Å². The maximum atomic E-state index is 12.1. The van der Waals surface area contributed by atoms with Crippen molar-refractivity contribution in [2.75, 3.05) is 31.7 Å². The highest BCUT2D eigenvalue weighted by molar-refractivity contribution is 6.05. The average Bonchev–Trinajstić information content (AvgIpc) is 2.84. The number of anilines is 1. The van der Waals surface area contributed by atoms with Crippen molar-refractivity contribution in [2.45, 2.75) is 26.2 Å². The normalized spacial score (nSPS) is 13.8. The number of nitrogens with zero attached hydrogens (tertiary/aromatic N) is 3. The van der Waals surface area contributed by atoms with Crippen LogP contribution in [-0.2, 0) is 19.1 Å². The molecule has 1 fully saturated rings. The Bertz CT molecular complexity index is 1060. The molecule has 0 spiro atoms. The van der Waals surface area contributed by atoms with Gasteiger partial charge in [-0.05, 0) is 44.0 Å². The molecule has 1 aromatic carbocycles. The Balaban J connectivity index is 1.73. The van der Waals surface area contributed by atoms with Gasteiger partial charge in [0.1, 0.15) is 12.2 Å². The van der Waals surface area contributed by atoms with Gasteiger partial charge in [0.15, 0.2) is 5.78 Å². The lowest BCUT2D eigenvalue weighted by atomic mass is 9.97. The summed E-state index contributed by atoms with van der Waals surface area (Å²) < 4.78 is 15.3. The summed E-state index contributed by atoms with van der Waals surface area (Å²) >= 11 is 0. The van der Waals surface area contributed by atoms with E-state index < -0.39 is 10.9 Å². The number of pyridine rings is 1. The van der Waals surface area contributed by atoms with Gasteiger partial charge in [0, 0.05) is 30.8 Å². The molecule has 0 atom stereocenters. The molecule has 11 heteroatoms. The number of benzene rings is 1. The highest BCUT2D eigenvalue weighted by Gasteiger charge is 2.30. The smallest absolute Gasteiger partial charge is 0.313 e. The molecule has 11 nitrogen and oxygen atoms in total. The molecule has 0 amide bonds. The first kappa shape index (κ1) is 24.6. The highest BCUT2D eigenvalue weighted by Crippen LogP contribution is 2.33. The van der Waals surface area contributed by atoms with E-state index in [1.54, 1.807) is 11.8 Å². The maximum absolute atomic E-state index is 12.1. The van der Waals surface area contributed by atoms with E-state index in [9.17, 15) is 24.5 Å². The second-order valence-electron chi connectivity index (χ2n) is 7.57. The van der Waals surface area contributed by atoms with Crippen molar-refractivity contribution in [1.29, 1.82) is 0 Å². The fourth-order valence-electron chi connectivity index (χ4n) is 3.58. The predicted molar refractivity (Wildman–Crippen MR) is 120 cm³/mol. The summed E-state index contributed by atoms with van der Waals surface area (Å²) in [6.07, 6.45) is 0.643. The second kappa shape index (κ2) is 11.2. The summed E-state index contributed by atoms with van der Waals surface area (Å²) in [4.78, 5) is 52.5. The fourth-order valence-corrected chi connectivity index (χ4v) is 3.58. The van der Waals surface area contributed by atoms with E-state index in [0.29, 0.717) is 43.9 Å². The van der Waals surface area contributed by atoms with Crippen LogP contribution in [0.5, 0.6) is 11.6 Å². The Hall–Kier alpha value is -4.02. The molecule has 2 aromatic rings. The number of piperidine rings is 1. The van der Waals surface area contributed by atoms with Crippen molar-refractivity contribution in [3.05, 3.63) is 52.1 Å². The summed E-state index contributed by atoms with van der Waals surface area (Å²) in [6.45, 7) is 2.89.